The van der Waals surface area contributed by atoms with Gasteiger partial charge in [-0.1, -0.05) is 6.92 Å². The van der Waals surface area contributed by atoms with Gasteiger partial charge in [0, 0.05) is 6.54 Å². The zero-order valence-corrected chi connectivity index (χ0v) is 12.2. The van der Waals surface area contributed by atoms with Crippen molar-refractivity contribution < 1.29 is 18.9 Å². The van der Waals surface area contributed by atoms with Crippen LogP contribution in [0.15, 0.2) is 12.1 Å². The first-order valence-corrected chi connectivity index (χ1v) is 6.59. The molecule has 8 nitrogen and oxygen atoms in total. The van der Waals surface area contributed by atoms with Crippen LogP contribution >= 0.6 is 0 Å². The fourth-order valence-electron chi connectivity index (χ4n) is 1.68. The molecule has 1 aromatic carbocycles. The number of halogens is 1. The van der Waals surface area contributed by atoms with E-state index in [4.69, 9.17) is 5.73 Å². The molecule has 4 N–H and O–H groups in total. The average molecular weight is 312 g/mol. The van der Waals surface area contributed by atoms with Crippen LogP contribution in [0.1, 0.15) is 30.6 Å². The van der Waals surface area contributed by atoms with Crippen molar-refractivity contribution in [2.75, 3.05) is 12.3 Å². The van der Waals surface area contributed by atoms with Crippen LogP contribution in [0.2, 0.25) is 0 Å². The number of nitrogens with two attached hydrogens (primary N) is 1. The first-order valence-electron chi connectivity index (χ1n) is 6.59. The highest BCUT2D eigenvalue weighted by Gasteiger charge is 2.24. The summed E-state index contributed by atoms with van der Waals surface area (Å²) in [6.45, 7) is 3.76. The van der Waals surface area contributed by atoms with E-state index in [1.165, 1.54) is 6.92 Å². The predicted molar refractivity (Wildman–Crippen MR) is 77.7 cm³/mol. The number of hydrogen-bond donors (Lipinski definition) is 3. The van der Waals surface area contributed by atoms with Crippen molar-refractivity contribution in [3.05, 3.63) is 33.6 Å². The first kappa shape index (κ1) is 17.3. The Morgan fingerprint density at radius 2 is 2.09 bits per heavy atom. The van der Waals surface area contributed by atoms with Gasteiger partial charge < -0.3 is 16.4 Å². The monoisotopic (exact) mass is 312 g/mol. The third-order valence-electron chi connectivity index (χ3n) is 2.85. The number of hydrogen-bond acceptors (Lipinski definition) is 5. The maximum atomic E-state index is 13.4. The van der Waals surface area contributed by atoms with E-state index in [0.717, 1.165) is 12.5 Å². The normalized spacial score (nSPS) is 11.6. The lowest BCUT2D eigenvalue weighted by molar-refractivity contribution is -0.384. The summed E-state index contributed by atoms with van der Waals surface area (Å²) in [5.41, 5.74) is 3.97. The van der Waals surface area contributed by atoms with E-state index >= 15 is 0 Å². The molecule has 9 heteroatoms. The lowest BCUT2D eigenvalue weighted by atomic mass is 10.1. The van der Waals surface area contributed by atoms with Crippen molar-refractivity contribution in [2.24, 2.45) is 0 Å². The quantitative estimate of drug-likeness (QED) is 0.409. The zero-order chi connectivity index (χ0) is 16.9. The minimum Gasteiger partial charge on any atom is -0.393 e. The molecule has 0 fully saturated rings. The Bertz CT molecular complexity index is 606. The van der Waals surface area contributed by atoms with Gasteiger partial charge in [-0.3, -0.25) is 19.7 Å². The van der Waals surface area contributed by atoms with Crippen molar-refractivity contribution in [3.63, 3.8) is 0 Å². The van der Waals surface area contributed by atoms with E-state index in [0.29, 0.717) is 12.6 Å². The summed E-state index contributed by atoms with van der Waals surface area (Å²) >= 11 is 0. The number of carbonyl (C=O) groups excluding carboxylic acids is 2. The molecule has 0 spiro atoms. The Kier molecular flexibility index (Phi) is 5.79. The number of anilines is 1. The molecule has 2 amide bonds. The molecule has 0 aliphatic rings. The van der Waals surface area contributed by atoms with Crippen molar-refractivity contribution in [2.45, 2.75) is 26.3 Å². The molecule has 0 aliphatic heterocycles. The van der Waals surface area contributed by atoms with Crippen LogP contribution < -0.4 is 16.4 Å². The molecule has 0 radical (unpaired) electrons. The lowest BCUT2D eigenvalue weighted by Crippen LogP contribution is -2.45. The molecular weight excluding hydrogens is 295 g/mol. The average Bonchev–Trinajstić information content (AvgIpc) is 2.46. The highest BCUT2D eigenvalue weighted by molar-refractivity contribution is 6.02. The number of amides is 2. The number of nitrogens with one attached hydrogen (secondary N) is 2. The highest BCUT2D eigenvalue weighted by atomic mass is 19.1. The largest absolute Gasteiger partial charge is 0.393 e. The van der Waals surface area contributed by atoms with Crippen LogP contribution in [0.5, 0.6) is 0 Å². The molecule has 0 aliphatic carbocycles. The molecule has 0 saturated heterocycles. The smallest absolute Gasteiger partial charge is 0.295 e. The van der Waals surface area contributed by atoms with Crippen molar-refractivity contribution in [3.8, 4) is 0 Å². The van der Waals surface area contributed by atoms with Gasteiger partial charge in [0.1, 0.15) is 17.5 Å². The van der Waals surface area contributed by atoms with E-state index in [9.17, 15) is 24.1 Å². The minimum absolute atomic E-state index is 0.387. The standard InChI is InChI=1S/C13H17FN4O4/c1-3-4-16-12(19)7(2)17-13(20)9-5-8(14)6-10(11(9)15)18(21)22/h5-7H,3-4,15H2,1-2H3,(H,16,19)(H,17,20). The van der Waals surface area contributed by atoms with E-state index in [1.54, 1.807) is 0 Å². The van der Waals surface area contributed by atoms with Gasteiger partial charge in [0.25, 0.3) is 11.6 Å². The molecule has 0 bridgehead atoms. The molecule has 1 rings (SSSR count). The van der Waals surface area contributed by atoms with Crippen molar-refractivity contribution in [1.29, 1.82) is 0 Å². The summed E-state index contributed by atoms with van der Waals surface area (Å²) < 4.78 is 13.4. The first-order chi connectivity index (χ1) is 10.3. The summed E-state index contributed by atoms with van der Waals surface area (Å²) in [4.78, 5) is 33.6. The minimum atomic E-state index is -0.964. The number of nitrogens with zero attached hydrogens (tertiary/aromatic N) is 1. The summed E-state index contributed by atoms with van der Waals surface area (Å²) in [6.07, 6.45) is 0.732. The van der Waals surface area contributed by atoms with Gasteiger partial charge in [0.15, 0.2) is 0 Å². The molecule has 1 aromatic rings. The van der Waals surface area contributed by atoms with Crippen LogP contribution in [-0.4, -0.2) is 29.3 Å². The van der Waals surface area contributed by atoms with Gasteiger partial charge in [0.2, 0.25) is 5.91 Å². The van der Waals surface area contributed by atoms with Crippen LogP contribution in [0.4, 0.5) is 15.8 Å². The third kappa shape index (κ3) is 4.14. The summed E-state index contributed by atoms with van der Waals surface area (Å²) in [5.74, 6) is -2.24. The van der Waals surface area contributed by atoms with E-state index in [1.807, 2.05) is 6.92 Å². The van der Waals surface area contributed by atoms with Gasteiger partial charge in [0.05, 0.1) is 16.6 Å². The number of rotatable bonds is 6. The Morgan fingerprint density at radius 1 is 1.45 bits per heavy atom. The zero-order valence-electron chi connectivity index (χ0n) is 12.2. The third-order valence-corrected chi connectivity index (χ3v) is 2.85. The highest BCUT2D eigenvalue weighted by Crippen LogP contribution is 2.26. The second-order valence-electron chi connectivity index (χ2n) is 4.63. The Labute approximate surface area is 126 Å². The second kappa shape index (κ2) is 7.34. The van der Waals surface area contributed by atoms with Gasteiger partial charge >= 0.3 is 0 Å². The Hall–Kier alpha value is -2.71. The number of nitro groups is 1. The number of carbonyl (C=O) groups is 2. The van der Waals surface area contributed by atoms with Gasteiger partial charge in [-0.05, 0) is 19.4 Å². The topological polar surface area (TPSA) is 127 Å². The molecular formula is C13H17FN4O4. The molecule has 0 aromatic heterocycles. The number of nitro benzene ring substituents is 1. The number of benzene rings is 1. The Morgan fingerprint density at radius 3 is 2.64 bits per heavy atom. The predicted octanol–water partition coefficient (Wildman–Crippen LogP) is 0.961. The molecule has 22 heavy (non-hydrogen) atoms. The van der Waals surface area contributed by atoms with Crippen LogP contribution in [0.3, 0.4) is 0 Å². The van der Waals surface area contributed by atoms with Gasteiger partial charge in [-0.25, -0.2) is 4.39 Å². The van der Waals surface area contributed by atoms with Crippen LogP contribution in [-0.2, 0) is 4.79 Å². The molecule has 1 atom stereocenters. The summed E-state index contributed by atoms with van der Waals surface area (Å²) in [6, 6.07) is 0.526. The fraction of sp³-hybridized carbons (Fsp3) is 0.385. The molecule has 120 valence electrons. The van der Waals surface area contributed by atoms with Crippen LogP contribution in [0, 0.1) is 15.9 Å². The Balaban J connectivity index is 2.94. The summed E-state index contributed by atoms with van der Waals surface area (Å²) in [5, 5.41) is 15.7. The lowest BCUT2D eigenvalue weighted by Gasteiger charge is -2.14. The molecule has 1 unspecified atom stereocenters. The maximum absolute atomic E-state index is 13.4. The van der Waals surface area contributed by atoms with Crippen LogP contribution in [0.25, 0.3) is 0 Å². The number of nitrogen functional groups attached to an aromatic ring is 1. The SMILES string of the molecule is CCCNC(=O)C(C)NC(=O)c1cc(F)cc([N+](=O)[O-])c1N. The van der Waals surface area contributed by atoms with Crippen molar-refractivity contribution in [1.82, 2.24) is 10.6 Å². The molecule has 0 saturated carbocycles. The van der Waals surface area contributed by atoms with E-state index in [2.05, 4.69) is 10.6 Å². The van der Waals surface area contributed by atoms with E-state index in [-0.39, 0.29) is 5.56 Å². The summed E-state index contributed by atoms with van der Waals surface area (Å²) in [7, 11) is 0. The van der Waals surface area contributed by atoms with Crippen molar-refractivity contribution >= 4 is 23.2 Å². The maximum Gasteiger partial charge on any atom is 0.295 e. The van der Waals surface area contributed by atoms with Gasteiger partial charge in [-0.2, -0.15) is 0 Å². The van der Waals surface area contributed by atoms with Gasteiger partial charge in [-0.15, -0.1) is 0 Å². The molecule has 0 heterocycles. The van der Waals surface area contributed by atoms with E-state index < -0.39 is 40.0 Å². The fourth-order valence-corrected chi connectivity index (χ4v) is 1.68. The second-order valence-corrected chi connectivity index (χ2v) is 4.63.